The van der Waals surface area contributed by atoms with Crippen molar-refractivity contribution in [2.45, 2.75) is 37.8 Å². The van der Waals surface area contributed by atoms with Crippen molar-refractivity contribution in [3.8, 4) is 12.3 Å². The number of Topliss-reactive ketones (excluding diaryl/α,β-unsaturated/α-hetero) is 1. The third-order valence-electron chi connectivity index (χ3n) is 6.00. The quantitative estimate of drug-likeness (QED) is 0.634. The standard InChI is InChI=1S/C25H24N4O3/c1-3-23(31)29(20-11-12-22-19(14-20)17-27-28(22)2)25(13-7-10-21(30)15-25)24(32)26-16-18-8-5-4-6-9-18/h1,4-6,8-9,11-12,14,17H,7,10,13,15-16H2,2H3,(H,26,32). The predicted molar refractivity (Wildman–Crippen MR) is 122 cm³/mol. The van der Waals surface area contributed by atoms with Crippen LogP contribution in [0.1, 0.15) is 31.2 Å². The number of hydrogen-bond donors (Lipinski definition) is 1. The molecule has 2 amide bonds. The molecular weight excluding hydrogens is 404 g/mol. The maximum absolute atomic E-state index is 13.6. The van der Waals surface area contributed by atoms with Crippen molar-refractivity contribution in [2.75, 3.05) is 4.90 Å². The summed E-state index contributed by atoms with van der Waals surface area (Å²) in [4.78, 5) is 40.5. The number of carbonyl (C=O) groups is 3. The van der Waals surface area contributed by atoms with Crippen LogP contribution in [0.4, 0.5) is 5.69 Å². The predicted octanol–water partition coefficient (Wildman–Crippen LogP) is 2.74. The molecule has 1 saturated carbocycles. The number of anilines is 1. The molecule has 1 atom stereocenters. The fraction of sp³-hybridized carbons (Fsp3) is 0.280. The van der Waals surface area contributed by atoms with E-state index >= 15 is 0 Å². The van der Waals surface area contributed by atoms with Gasteiger partial charge in [0.1, 0.15) is 11.3 Å². The van der Waals surface area contributed by atoms with Crippen LogP contribution in [0.25, 0.3) is 10.9 Å². The van der Waals surface area contributed by atoms with E-state index in [1.807, 2.05) is 43.4 Å². The molecule has 0 aliphatic heterocycles. The minimum atomic E-state index is -1.39. The first-order valence-electron chi connectivity index (χ1n) is 10.5. The molecule has 32 heavy (non-hydrogen) atoms. The highest BCUT2D eigenvalue weighted by atomic mass is 16.2. The molecule has 0 saturated heterocycles. The molecule has 1 aromatic heterocycles. The van der Waals surface area contributed by atoms with Crippen molar-refractivity contribution in [3.63, 3.8) is 0 Å². The molecule has 7 nitrogen and oxygen atoms in total. The van der Waals surface area contributed by atoms with Gasteiger partial charge in [-0.25, -0.2) is 0 Å². The zero-order valence-corrected chi connectivity index (χ0v) is 17.9. The number of benzene rings is 2. The average molecular weight is 428 g/mol. The summed E-state index contributed by atoms with van der Waals surface area (Å²) in [5, 5.41) is 7.98. The van der Waals surface area contributed by atoms with Crippen molar-refractivity contribution in [1.82, 2.24) is 15.1 Å². The molecule has 0 radical (unpaired) electrons. The minimum Gasteiger partial charge on any atom is -0.350 e. The molecule has 4 rings (SSSR count). The van der Waals surface area contributed by atoms with E-state index < -0.39 is 11.4 Å². The number of rotatable bonds is 5. The van der Waals surface area contributed by atoms with Crippen LogP contribution in [0, 0.1) is 12.3 Å². The lowest BCUT2D eigenvalue weighted by atomic mass is 9.78. The smallest absolute Gasteiger partial charge is 0.303 e. The van der Waals surface area contributed by atoms with Crippen LogP contribution in [0.2, 0.25) is 0 Å². The number of ketones is 1. The highest BCUT2D eigenvalue weighted by molar-refractivity contribution is 6.13. The summed E-state index contributed by atoms with van der Waals surface area (Å²) in [5.74, 6) is 1.05. The second kappa shape index (κ2) is 8.67. The molecular formula is C25H24N4O3. The van der Waals surface area contributed by atoms with E-state index in [0.717, 1.165) is 16.5 Å². The van der Waals surface area contributed by atoms with Gasteiger partial charge in [-0.05, 0) is 42.5 Å². The Kier molecular flexibility index (Phi) is 5.78. The van der Waals surface area contributed by atoms with Gasteiger partial charge in [0, 0.05) is 37.5 Å². The topological polar surface area (TPSA) is 84.3 Å². The third kappa shape index (κ3) is 3.87. The summed E-state index contributed by atoms with van der Waals surface area (Å²) in [6.07, 6.45) is 8.36. The Morgan fingerprint density at radius 2 is 2.03 bits per heavy atom. The second-order valence-corrected chi connectivity index (χ2v) is 8.07. The molecule has 0 spiro atoms. The fourth-order valence-electron chi connectivity index (χ4n) is 4.42. The fourth-order valence-corrected chi connectivity index (χ4v) is 4.42. The monoisotopic (exact) mass is 428 g/mol. The SMILES string of the molecule is C#CC(=O)N(c1ccc2c(cnn2C)c1)C1(C(=O)NCc2ccccc2)CCCC(=O)C1. The van der Waals surface area contributed by atoms with E-state index in [1.54, 1.807) is 23.0 Å². The largest absolute Gasteiger partial charge is 0.350 e. The van der Waals surface area contributed by atoms with Crippen molar-refractivity contribution < 1.29 is 14.4 Å². The highest BCUT2D eigenvalue weighted by Gasteiger charge is 2.49. The summed E-state index contributed by atoms with van der Waals surface area (Å²) in [6, 6.07) is 14.8. The normalized spacial score (nSPS) is 18.2. The van der Waals surface area contributed by atoms with E-state index in [1.165, 1.54) is 4.90 Å². The van der Waals surface area contributed by atoms with Gasteiger partial charge in [-0.3, -0.25) is 24.0 Å². The summed E-state index contributed by atoms with van der Waals surface area (Å²) in [7, 11) is 1.82. The van der Waals surface area contributed by atoms with Crippen molar-refractivity contribution in [2.24, 2.45) is 7.05 Å². The van der Waals surface area contributed by atoms with Gasteiger partial charge < -0.3 is 5.32 Å². The molecule has 2 aromatic carbocycles. The maximum Gasteiger partial charge on any atom is 0.303 e. The maximum atomic E-state index is 13.6. The first-order valence-corrected chi connectivity index (χ1v) is 10.5. The average Bonchev–Trinajstić information content (AvgIpc) is 3.18. The van der Waals surface area contributed by atoms with E-state index in [0.29, 0.717) is 24.9 Å². The second-order valence-electron chi connectivity index (χ2n) is 8.07. The Hall–Kier alpha value is -3.92. The summed E-state index contributed by atoms with van der Waals surface area (Å²) < 4.78 is 1.72. The number of terminal acetylenes is 1. The number of aromatic nitrogens is 2. The highest BCUT2D eigenvalue weighted by Crippen LogP contribution is 2.37. The van der Waals surface area contributed by atoms with Crippen LogP contribution in [0.3, 0.4) is 0 Å². The van der Waals surface area contributed by atoms with Gasteiger partial charge in [0.15, 0.2) is 0 Å². The first kappa shape index (κ1) is 21.3. The molecule has 1 fully saturated rings. The van der Waals surface area contributed by atoms with Crippen LogP contribution in [-0.4, -0.2) is 32.9 Å². The Balaban J connectivity index is 1.76. The summed E-state index contributed by atoms with van der Waals surface area (Å²) in [5.41, 5.74) is 0.885. The van der Waals surface area contributed by atoms with Crippen LogP contribution in [0.5, 0.6) is 0 Å². The molecule has 0 bridgehead atoms. The van der Waals surface area contributed by atoms with Gasteiger partial charge in [0.25, 0.3) is 0 Å². The van der Waals surface area contributed by atoms with Crippen molar-refractivity contribution in [3.05, 3.63) is 60.3 Å². The Morgan fingerprint density at radius 1 is 1.25 bits per heavy atom. The lowest BCUT2D eigenvalue weighted by Crippen LogP contribution is -2.63. The summed E-state index contributed by atoms with van der Waals surface area (Å²) in [6.45, 7) is 0.287. The molecule has 7 heteroatoms. The van der Waals surface area contributed by atoms with Gasteiger partial charge in [0.05, 0.1) is 11.7 Å². The molecule has 3 aromatic rings. The van der Waals surface area contributed by atoms with Crippen LogP contribution < -0.4 is 10.2 Å². The Labute approximate surface area is 186 Å². The lowest BCUT2D eigenvalue weighted by Gasteiger charge is -2.43. The molecule has 162 valence electrons. The van der Waals surface area contributed by atoms with Crippen molar-refractivity contribution in [1.29, 1.82) is 0 Å². The zero-order valence-electron chi connectivity index (χ0n) is 17.9. The zero-order chi connectivity index (χ0) is 22.7. The number of amides is 2. The van der Waals surface area contributed by atoms with Crippen LogP contribution in [-0.2, 0) is 28.0 Å². The van der Waals surface area contributed by atoms with Gasteiger partial charge in [-0.2, -0.15) is 5.10 Å². The number of carbonyl (C=O) groups excluding carboxylic acids is 3. The Bertz CT molecular complexity index is 1220. The van der Waals surface area contributed by atoms with Crippen LogP contribution >= 0.6 is 0 Å². The molecule has 1 aliphatic rings. The number of fused-ring (bicyclic) bond motifs is 1. The van der Waals surface area contributed by atoms with Gasteiger partial charge in [-0.1, -0.05) is 30.3 Å². The summed E-state index contributed by atoms with van der Waals surface area (Å²) >= 11 is 0. The van der Waals surface area contributed by atoms with Gasteiger partial charge >= 0.3 is 5.91 Å². The van der Waals surface area contributed by atoms with E-state index in [4.69, 9.17) is 6.42 Å². The van der Waals surface area contributed by atoms with Gasteiger partial charge in [0.2, 0.25) is 5.91 Å². The number of nitrogens with zero attached hydrogens (tertiary/aromatic N) is 3. The number of nitrogens with one attached hydrogen (secondary N) is 1. The molecule has 1 N–H and O–H groups in total. The molecule has 1 unspecified atom stereocenters. The lowest BCUT2D eigenvalue weighted by molar-refractivity contribution is -0.135. The van der Waals surface area contributed by atoms with Gasteiger partial charge in [-0.15, -0.1) is 6.42 Å². The van der Waals surface area contributed by atoms with E-state index in [2.05, 4.69) is 16.3 Å². The van der Waals surface area contributed by atoms with E-state index in [-0.39, 0.29) is 24.7 Å². The van der Waals surface area contributed by atoms with Crippen LogP contribution in [0.15, 0.2) is 54.7 Å². The first-order chi connectivity index (χ1) is 15.4. The van der Waals surface area contributed by atoms with E-state index in [9.17, 15) is 14.4 Å². The molecule has 1 heterocycles. The van der Waals surface area contributed by atoms with Crippen molar-refractivity contribution >= 4 is 34.2 Å². The Morgan fingerprint density at radius 3 is 2.75 bits per heavy atom. The number of hydrogen-bond acceptors (Lipinski definition) is 4. The third-order valence-corrected chi connectivity index (χ3v) is 6.00. The molecule has 1 aliphatic carbocycles. The minimum absolute atomic E-state index is 0.0663. The number of aryl methyl sites for hydroxylation is 1.